The van der Waals surface area contributed by atoms with Gasteiger partial charge in [0.15, 0.2) is 0 Å². The van der Waals surface area contributed by atoms with E-state index in [-0.39, 0.29) is 0 Å². The maximum atomic E-state index is 4.60. The van der Waals surface area contributed by atoms with E-state index in [2.05, 4.69) is 51.7 Å². The summed E-state index contributed by atoms with van der Waals surface area (Å²) in [6.45, 7) is 5.95. The van der Waals surface area contributed by atoms with Crippen molar-refractivity contribution >= 4 is 23.1 Å². The van der Waals surface area contributed by atoms with Gasteiger partial charge in [-0.05, 0) is 24.8 Å². The molecule has 2 rings (SSSR count). The number of rotatable bonds is 6. The summed E-state index contributed by atoms with van der Waals surface area (Å²) >= 11 is 1.77. The van der Waals surface area contributed by atoms with Gasteiger partial charge in [0.05, 0.1) is 6.54 Å². The molecule has 0 aliphatic carbocycles. The fraction of sp³-hybridized carbons (Fsp3) is 0.429. The zero-order valence-electron chi connectivity index (χ0n) is 11.7. The summed E-state index contributed by atoms with van der Waals surface area (Å²) in [5, 5.41) is 5.33. The van der Waals surface area contributed by atoms with Gasteiger partial charge in [0.1, 0.15) is 5.82 Å². The SMILES string of the molecule is CCCNc1ncc(C)c(N(C)Cc2cccs2)n1. The van der Waals surface area contributed by atoms with Crippen LogP contribution in [0.5, 0.6) is 0 Å². The maximum Gasteiger partial charge on any atom is 0.224 e. The van der Waals surface area contributed by atoms with Gasteiger partial charge in [-0.15, -0.1) is 11.3 Å². The first-order valence-electron chi connectivity index (χ1n) is 6.51. The molecule has 0 radical (unpaired) electrons. The standard InChI is InChI=1S/C14H20N4S/c1-4-7-15-14-16-9-11(2)13(17-14)18(3)10-12-6-5-8-19-12/h5-6,8-9H,4,7,10H2,1-3H3,(H,15,16,17). The molecule has 0 fully saturated rings. The molecule has 0 atom stereocenters. The predicted molar refractivity (Wildman–Crippen MR) is 82.0 cm³/mol. The molecule has 0 aliphatic heterocycles. The second-order valence-electron chi connectivity index (χ2n) is 4.56. The van der Waals surface area contributed by atoms with Crippen molar-refractivity contribution in [1.29, 1.82) is 0 Å². The summed E-state index contributed by atoms with van der Waals surface area (Å²) in [6, 6.07) is 4.23. The molecule has 102 valence electrons. The van der Waals surface area contributed by atoms with E-state index in [1.54, 1.807) is 11.3 Å². The zero-order chi connectivity index (χ0) is 13.7. The number of anilines is 2. The van der Waals surface area contributed by atoms with Gasteiger partial charge in [0, 0.05) is 30.2 Å². The largest absolute Gasteiger partial charge is 0.354 e. The second kappa shape index (κ2) is 6.52. The fourth-order valence-corrected chi connectivity index (χ4v) is 2.61. The molecular weight excluding hydrogens is 256 g/mol. The lowest BCUT2D eigenvalue weighted by molar-refractivity contribution is 0.886. The number of nitrogens with one attached hydrogen (secondary N) is 1. The van der Waals surface area contributed by atoms with Crippen molar-refractivity contribution in [2.75, 3.05) is 23.8 Å². The Bertz CT molecular complexity index is 510. The number of aromatic nitrogens is 2. The minimum absolute atomic E-state index is 0.709. The van der Waals surface area contributed by atoms with Crippen molar-refractivity contribution < 1.29 is 0 Å². The molecule has 1 N–H and O–H groups in total. The smallest absolute Gasteiger partial charge is 0.224 e. The van der Waals surface area contributed by atoms with Gasteiger partial charge in [-0.25, -0.2) is 4.98 Å². The third kappa shape index (κ3) is 3.67. The monoisotopic (exact) mass is 276 g/mol. The van der Waals surface area contributed by atoms with E-state index in [9.17, 15) is 0 Å². The van der Waals surface area contributed by atoms with E-state index < -0.39 is 0 Å². The van der Waals surface area contributed by atoms with Crippen molar-refractivity contribution in [3.05, 3.63) is 34.2 Å². The average Bonchev–Trinajstić information content (AvgIpc) is 2.90. The quantitative estimate of drug-likeness (QED) is 0.879. The second-order valence-corrected chi connectivity index (χ2v) is 5.59. The molecule has 0 aromatic carbocycles. The Morgan fingerprint density at radius 1 is 1.42 bits per heavy atom. The van der Waals surface area contributed by atoms with Crippen LogP contribution in [0.25, 0.3) is 0 Å². The van der Waals surface area contributed by atoms with E-state index in [4.69, 9.17) is 0 Å². The topological polar surface area (TPSA) is 41.1 Å². The Kier molecular flexibility index (Phi) is 4.74. The summed E-state index contributed by atoms with van der Waals surface area (Å²) < 4.78 is 0. The minimum Gasteiger partial charge on any atom is -0.354 e. The highest BCUT2D eigenvalue weighted by Crippen LogP contribution is 2.20. The molecule has 19 heavy (non-hydrogen) atoms. The van der Waals surface area contributed by atoms with Crippen LogP contribution < -0.4 is 10.2 Å². The molecule has 2 heterocycles. The van der Waals surface area contributed by atoms with Crippen LogP contribution >= 0.6 is 11.3 Å². The van der Waals surface area contributed by atoms with E-state index in [1.807, 2.05) is 13.1 Å². The van der Waals surface area contributed by atoms with Gasteiger partial charge in [0.2, 0.25) is 5.95 Å². The van der Waals surface area contributed by atoms with Crippen LogP contribution in [0, 0.1) is 6.92 Å². The molecule has 0 spiro atoms. The third-order valence-corrected chi connectivity index (χ3v) is 3.67. The summed E-state index contributed by atoms with van der Waals surface area (Å²) in [4.78, 5) is 12.4. The Morgan fingerprint density at radius 2 is 2.26 bits per heavy atom. The summed E-state index contributed by atoms with van der Waals surface area (Å²) in [6.07, 6.45) is 2.95. The first-order valence-corrected chi connectivity index (χ1v) is 7.39. The summed E-state index contributed by atoms with van der Waals surface area (Å²) in [5.41, 5.74) is 1.10. The predicted octanol–water partition coefficient (Wildman–Crippen LogP) is 3.30. The van der Waals surface area contributed by atoms with Gasteiger partial charge in [-0.2, -0.15) is 4.98 Å². The maximum absolute atomic E-state index is 4.60. The van der Waals surface area contributed by atoms with Gasteiger partial charge in [0.25, 0.3) is 0 Å². The molecule has 0 bridgehead atoms. The van der Waals surface area contributed by atoms with E-state index in [0.29, 0.717) is 5.95 Å². The molecular formula is C14H20N4S. The zero-order valence-corrected chi connectivity index (χ0v) is 12.5. The van der Waals surface area contributed by atoms with Crippen molar-refractivity contribution in [2.45, 2.75) is 26.8 Å². The lowest BCUT2D eigenvalue weighted by Gasteiger charge is -2.20. The fourth-order valence-electron chi connectivity index (χ4n) is 1.85. The van der Waals surface area contributed by atoms with Gasteiger partial charge in [-0.3, -0.25) is 0 Å². The molecule has 4 nitrogen and oxygen atoms in total. The van der Waals surface area contributed by atoms with Crippen LogP contribution in [0.15, 0.2) is 23.7 Å². The molecule has 5 heteroatoms. The van der Waals surface area contributed by atoms with E-state index in [0.717, 1.165) is 30.9 Å². The first kappa shape index (κ1) is 13.8. The van der Waals surface area contributed by atoms with Crippen molar-refractivity contribution in [2.24, 2.45) is 0 Å². The van der Waals surface area contributed by atoms with Crippen LogP contribution in [-0.4, -0.2) is 23.6 Å². The van der Waals surface area contributed by atoms with Gasteiger partial charge < -0.3 is 10.2 Å². The number of nitrogens with zero attached hydrogens (tertiary/aromatic N) is 3. The highest BCUT2D eigenvalue weighted by Gasteiger charge is 2.09. The van der Waals surface area contributed by atoms with Crippen molar-refractivity contribution in [3.8, 4) is 0 Å². The average molecular weight is 276 g/mol. The van der Waals surface area contributed by atoms with Gasteiger partial charge >= 0.3 is 0 Å². The van der Waals surface area contributed by atoms with Crippen LogP contribution in [-0.2, 0) is 6.54 Å². The molecule has 0 unspecified atom stereocenters. The Hall–Kier alpha value is -1.62. The van der Waals surface area contributed by atoms with Crippen molar-refractivity contribution in [3.63, 3.8) is 0 Å². The normalized spacial score (nSPS) is 10.5. The summed E-state index contributed by atoms with van der Waals surface area (Å²) in [5.74, 6) is 1.70. The Balaban J connectivity index is 2.13. The number of hydrogen-bond donors (Lipinski definition) is 1. The summed E-state index contributed by atoms with van der Waals surface area (Å²) in [7, 11) is 2.07. The van der Waals surface area contributed by atoms with Crippen LogP contribution in [0.3, 0.4) is 0 Å². The van der Waals surface area contributed by atoms with Gasteiger partial charge in [-0.1, -0.05) is 13.0 Å². The Labute approximate surface area is 118 Å². The highest BCUT2D eigenvalue weighted by atomic mass is 32.1. The number of thiophene rings is 1. The molecule has 0 amide bonds. The minimum atomic E-state index is 0.709. The third-order valence-electron chi connectivity index (χ3n) is 2.81. The first-order chi connectivity index (χ1) is 9.20. The van der Waals surface area contributed by atoms with Crippen LogP contribution in [0.4, 0.5) is 11.8 Å². The highest BCUT2D eigenvalue weighted by molar-refractivity contribution is 7.09. The molecule has 0 saturated heterocycles. The molecule has 2 aromatic rings. The van der Waals surface area contributed by atoms with E-state index in [1.165, 1.54) is 4.88 Å². The lowest BCUT2D eigenvalue weighted by Crippen LogP contribution is -2.19. The van der Waals surface area contributed by atoms with E-state index >= 15 is 0 Å². The lowest BCUT2D eigenvalue weighted by atomic mass is 10.3. The van der Waals surface area contributed by atoms with Crippen molar-refractivity contribution in [1.82, 2.24) is 9.97 Å². The number of hydrogen-bond acceptors (Lipinski definition) is 5. The number of aryl methyl sites for hydroxylation is 1. The molecule has 0 saturated carbocycles. The van der Waals surface area contributed by atoms with Crippen LogP contribution in [0.1, 0.15) is 23.8 Å². The van der Waals surface area contributed by atoms with Crippen LogP contribution in [0.2, 0.25) is 0 Å². The Morgan fingerprint density at radius 3 is 2.95 bits per heavy atom. The molecule has 2 aromatic heterocycles. The molecule has 0 aliphatic rings.